The van der Waals surface area contributed by atoms with Gasteiger partial charge in [-0.2, -0.15) is 0 Å². The summed E-state index contributed by atoms with van der Waals surface area (Å²) in [6, 6.07) is 6.21. The number of aryl methyl sites for hydroxylation is 1. The Bertz CT molecular complexity index is 186. The van der Waals surface area contributed by atoms with Gasteiger partial charge in [0.25, 0.3) is 0 Å². The second-order valence-corrected chi connectivity index (χ2v) is 3.33. The van der Waals surface area contributed by atoms with Crippen LogP contribution in [0.1, 0.15) is 18.5 Å². The smallest absolute Gasteiger partial charge is 0.179 e. The number of unbranched alkanes of at least 4 members (excludes halogenated alkanes) is 1. The van der Waals surface area contributed by atoms with E-state index < -0.39 is 0 Å². The predicted octanol–water partition coefficient (Wildman–Crippen LogP) is 2.22. The van der Waals surface area contributed by atoms with Gasteiger partial charge in [-0.05, 0) is 12.8 Å². The Balaban J connectivity index is 2.28. The number of alkyl halides is 1. The maximum Gasteiger partial charge on any atom is 0.179 e. The van der Waals surface area contributed by atoms with Crippen molar-refractivity contribution in [2.75, 3.05) is 5.33 Å². The predicted molar refractivity (Wildman–Crippen MR) is 49.7 cm³/mol. The minimum absolute atomic E-state index is 1.11. The lowest BCUT2D eigenvalue weighted by molar-refractivity contribution is -0.390. The number of aromatic amines is 1. The number of rotatable bonds is 4. The Hall–Kier alpha value is -0.370. The molecule has 0 unspecified atom stereocenters. The van der Waals surface area contributed by atoms with Crippen LogP contribution in [-0.2, 0) is 6.42 Å². The van der Waals surface area contributed by atoms with E-state index in [4.69, 9.17) is 0 Å². The minimum atomic E-state index is 1.11. The summed E-state index contributed by atoms with van der Waals surface area (Å²) >= 11 is 3.41. The number of halogens is 1. The zero-order chi connectivity index (χ0) is 7.94. The third-order valence-electron chi connectivity index (χ3n) is 1.60. The second-order valence-electron chi connectivity index (χ2n) is 2.53. The number of pyridine rings is 1. The summed E-state index contributed by atoms with van der Waals surface area (Å²) < 4.78 is 0. The number of nitrogens with one attached hydrogen (secondary N) is 1. The van der Waals surface area contributed by atoms with E-state index in [0.717, 1.165) is 11.8 Å². The molecule has 0 atom stereocenters. The molecular weight excluding hydrogens is 202 g/mol. The molecular formula is C9H13BrN+. The van der Waals surface area contributed by atoms with Gasteiger partial charge in [0.05, 0.1) is 0 Å². The molecule has 1 rings (SSSR count). The summed E-state index contributed by atoms with van der Waals surface area (Å²) in [5, 5.41) is 1.11. The first-order chi connectivity index (χ1) is 5.43. The standard InChI is InChI=1S/C9H12BrN/c10-7-3-1-5-9-6-2-4-8-11-9/h2,4,6,8H,1,3,5,7H2/p+1. The Kier molecular flexibility index (Phi) is 4.21. The number of hydrogen-bond donors (Lipinski definition) is 0. The van der Waals surface area contributed by atoms with Gasteiger partial charge in [0.15, 0.2) is 11.9 Å². The molecule has 0 aromatic carbocycles. The highest BCUT2D eigenvalue weighted by Gasteiger charge is 1.96. The van der Waals surface area contributed by atoms with Crippen molar-refractivity contribution >= 4 is 15.9 Å². The summed E-state index contributed by atoms with van der Waals surface area (Å²) in [6.07, 6.45) is 5.64. The van der Waals surface area contributed by atoms with E-state index in [1.807, 2.05) is 12.3 Å². The van der Waals surface area contributed by atoms with Crippen LogP contribution >= 0.6 is 15.9 Å². The zero-order valence-electron chi connectivity index (χ0n) is 6.52. The molecule has 2 heteroatoms. The highest BCUT2D eigenvalue weighted by molar-refractivity contribution is 9.09. The Morgan fingerprint density at radius 2 is 2.18 bits per heavy atom. The number of aromatic nitrogens is 1. The molecule has 1 N–H and O–H groups in total. The van der Waals surface area contributed by atoms with Crippen LogP contribution in [0.4, 0.5) is 0 Å². The van der Waals surface area contributed by atoms with Crippen LogP contribution in [0.25, 0.3) is 0 Å². The first-order valence-corrected chi connectivity index (χ1v) is 5.07. The molecule has 1 aromatic heterocycles. The van der Waals surface area contributed by atoms with Gasteiger partial charge >= 0.3 is 0 Å². The lowest BCUT2D eigenvalue weighted by Gasteiger charge is -1.91. The maximum absolute atomic E-state index is 3.41. The summed E-state index contributed by atoms with van der Waals surface area (Å²) in [5.74, 6) is 0. The van der Waals surface area contributed by atoms with Gasteiger partial charge in [-0.3, -0.25) is 0 Å². The lowest BCUT2D eigenvalue weighted by Crippen LogP contribution is -2.08. The molecule has 0 aliphatic carbocycles. The van der Waals surface area contributed by atoms with Crippen molar-refractivity contribution < 1.29 is 4.98 Å². The molecule has 1 nitrogen and oxygen atoms in total. The van der Waals surface area contributed by atoms with Crippen LogP contribution in [0.3, 0.4) is 0 Å². The van der Waals surface area contributed by atoms with Crippen molar-refractivity contribution in [1.29, 1.82) is 0 Å². The second kappa shape index (κ2) is 5.30. The van der Waals surface area contributed by atoms with Gasteiger partial charge in [-0.15, -0.1) is 0 Å². The van der Waals surface area contributed by atoms with E-state index >= 15 is 0 Å². The van der Waals surface area contributed by atoms with Crippen molar-refractivity contribution in [3.8, 4) is 0 Å². The van der Waals surface area contributed by atoms with E-state index in [-0.39, 0.29) is 0 Å². The molecule has 0 fully saturated rings. The molecule has 0 amide bonds. The van der Waals surface area contributed by atoms with Crippen molar-refractivity contribution in [2.24, 2.45) is 0 Å². The Labute approximate surface area is 76.0 Å². The van der Waals surface area contributed by atoms with Crippen LogP contribution in [0.15, 0.2) is 24.4 Å². The highest BCUT2D eigenvalue weighted by atomic mass is 79.9. The number of hydrogen-bond acceptors (Lipinski definition) is 0. The summed E-state index contributed by atoms with van der Waals surface area (Å²) in [5.41, 5.74) is 1.33. The SMILES string of the molecule is BrCCCCc1cccc[nH+]1. The summed E-state index contributed by atoms with van der Waals surface area (Å²) in [4.78, 5) is 3.21. The van der Waals surface area contributed by atoms with E-state index in [0.29, 0.717) is 0 Å². The monoisotopic (exact) mass is 214 g/mol. The normalized spacial score (nSPS) is 9.91. The minimum Gasteiger partial charge on any atom is -0.215 e. The van der Waals surface area contributed by atoms with Crippen molar-refractivity contribution in [3.63, 3.8) is 0 Å². The Morgan fingerprint density at radius 1 is 1.27 bits per heavy atom. The van der Waals surface area contributed by atoms with Crippen LogP contribution in [0.2, 0.25) is 0 Å². The average Bonchev–Trinajstić information content (AvgIpc) is 2.07. The molecule has 0 saturated heterocycles. The number of H-pyrrole nitrogens is 1. The van der Waals surface area contributed by atoms with Crippen LogP contribution in [0, 0.1) is 0 Å². The van der Waals surface area contributed by atoms with Gasteiger partial charge in [0, 0.05) is 23.9 Å². The quantitative estimate of drug-likeness (QED) is 0.540. The first-order valence-electron chi connectivity index (χ1n) is 3.95. The van der Waals surface area contributed by atoms with Gasteiger partial charge in [-0.1, -0.05) is 22.0 Å². The molecule has 1 heterocycles. The molecule has 0 bridgehead atoms. The van der Waals surface area contributed by atoms with Gasteiger partial charge in [0.2, 0.25) is 0 Å². The van der Waals surface area contributed by atoms with E-state index in [9.17, 15) is 0 Å². The maximum atomic E-state index is 3.41. The molecule has 1 aromatic rings. The first kappa shape index (κ1) is 8.72. The van der Waals surface area contributed by atoms with Crippen molar-refractivity contribution in [3.05, 3.63) is 30.1 Å². The van der Waals surface area contributed by atoms with Crippen LogP contribution in [0.5, 0.6) is 0 Å². The third-order valence-corrected chi connectivity index (χ3v) is 2.16. The zero-order valence-corrected chi connectivity index (χ0v) is 8.10. The molecule has 0 radical (unpaired) electrons. The largest absolute Gasteiger partial charge is 0.215 e. The fourth-order valence-electron chi connectivity index (χ4n) is 0.996. The fraction of sp³-hybridized carbons (Fsp3) is 0.444. The Morgan fingerprint density at radius 3 is 2.82 bits per heavy atom. The topological polar surface area (TPSA) is 14.1 Å². The van der Waals surface area contributed by atoms with Crippen molar-refractivity contribution in [1.82, 2.24) is 0 Å². The van der Waals surface area contributed by atoms with Crippen LogP contribution in [-0.4, -0.2) is 5.33 Å². The van der Waals surface area contributed by atoms with Gasteiger partial charge in [-0.25, -0.2) is 4.98 Å². The summed E-state index contributed by atoms with van der Waals surface area (Å²) in [7, 11) is 0. The van der Waals surface area contributed by atoms with Gasteiger partial charge < -0.3 is 0 Å². The van der Waals surface area contributed by atoms with E-state index in [1.54, 1.807) is 0 Å². The lowest BCUT2D eigenvalue weighted by atomic mass is 10.2. The summed E-state index contributed by atoms with van der Waals surface area (Å²) in [6.45, 7) is 0. The molecule has 60 valence electrons. The fourth-order valence-corrected chi connectivity index (χ4v) is 1.39. The molecule has 0 aliphatic heterocycles. The molecule has 0 aliphatic rings. The third kappa shape index (κ3) is 3.51. The highest BCUT2D eigenvalue weighted by Crippen LogP contribution is 1.99. The van der Waals surface area contributed by atoms with Crippen molar-refractivity contribution in [2.45, 2.75) is 19.3 Å². The molecule has 0 spiro atoms. The van der Waals surface area contributed by atoms with E-state index in [1.165, 1.54) is 18.5 Å². The average molecular weight is 215 g/mol. The molecule has 0 saturated carbocycles. The van der Waals surface area contributed by atoms with Crippen LogP contribution < -0.4 is 4.98 Å². The molecule has 11 heavy (non-hydrogen) atoms. The van der Waals surface area contributed by atoms with Gasteiger partial charge in [0.1, 0.15) is 0 Å². The van der Waals surface area contributed by atoms with E-state index in [2.05, 4.69) is 33.0 Å².